The number of ether oxygens (including phenoxy) is 1. The minimum atomic E-state index is -0.473. The van der Waals surface area contributed by atoms with Crippen LogP contribution in [0, 0.1) is 12.3 Å². The van der Waals surface area contributed by atoms with Crippen molar-refractivity contribution >= 4 is 11.9 Å². The second-order valence-electron chi connectivity index (χ2n) is 5.67. The molecule has 0 aliphatic carbocycles. The number of carbonyl (C=O) groups excluding carboxylic acids is 2. The minimum absolute atomic E-state index is 0.178. The SMILES string of the molecule is C#Cc1ccc(C(=O)NCCCC(=O)OC(C)(C)C)cc1. The smallest absolute Gasteiger partial charge is 0.306 e. The molecule has 1 aromatic carbocycles. The van der Waals surface area contributed by atoms with Crippen LogP contribution in [0.15, 0.2) is 24.3 Å². The number of terminal acetylenes is 1. The number of amides is 1. The number of rotatable bonds is 5. The van der Waals surface area contributed by atoms with E-state index in [1.165, 1.54) is 0 Å². The number of esters is 1. The summed E-state index contributed by atoms with van der Waals surface area (Å²) >= 11 is 0. The third kappa shape index (κ3) is 6.62. The second kappa shape index (κ2) is 7.49. The lowest BCUT2D eigenvalue weighted by molar-refractivity contribution is -0.154. The Kier molecular flexibility index (Phi) is 5.98. The highest BCUT2D eigenvalue weighted by Gasteiger charge is 2.15. The van der Waals surface area contributed by atoms with Crippen LogP contribution >= 0.6 is 0 Å². The molecule has 0 fully saturated rings. The van der Waals surface area contributed by atoms with Gasteiger partial charge >= 0.3 is 5.97 Å². The lowest BCUT2D eigenvalue weighted by atomic mass is 10.1. The van der Waals surface area contributed by atoms with E-state index in [1.54, 1.807) is 24.3 Å². The van der Waals surface area contributed by atoms with Gasteiger partial charge in [-0.15, -0.1) is 6.42 Å². The van der Waals surface area contributed by atoms with Gasteiger partial charge in [-0.05, 0) is 51.5 Å². The summed E-state index contributed by atoms with van der Waals surface area (Å²) in [7, 11) is 0. The second-order valence-corrected chi connectivity index (χ2v) is 5.67. The monoisotopic (exact) mass is 287 g/mol. The highest BCUT2D eigenvalue weighted by molar-refractivity contribution is 5.94. The van der Waals surface area contributed by atoms with Crippen LogP contribution in [0.3, 0.4) is 0 Å². The molecule has 4 heteroatoms. The van der Waals surface area contributed by atoms with E-state index in [4.69, 9.17) is 11.2 Å². The first kappa shape index (κ1) is 16.8. The van der Waals surface area contributed by atoms with E-state index < -0.39 is 5.60 Å². The third-order valence-electron chi connectivity index (χ3n) is 2.58. The number of hydrogen-bond donors (Lipinski definition) is 1. The van der Waals surface area contributed by atoms with Crippen molar-refractivity contribution in [1.29, 1.82) is 0 Å². The maximum absolute atomic E-state index is 11.8. The predicted octanol–water partition coefficient (Wildman–Crippen LogP) is 2.52. The average Bonchev–Trinajstić information content (AvgIpc) is 2.41. The average molecular weight is 287 g/mol. The summed E-state index contributed by atoms with van der Waals surface area (Å²) < 4.78 is 5.18. The van der Waals surface area contributed by atoms with Gasteiger partial charge in [-0.2, -0.15) is 0 Å². The molecule has 0 aliphatic rings. The molecule has 4 nitrogen and oxygen atoms in total. The molecule has 21 heavy (non-hydrogen) atoms. The first-order chi connectivity index (χ1) is 9.81. The maximum Gasteiger partial charge on any atom is 0.306 e. The standard InChI is InChI=1S/C17H21NO3/c1-5-13-8-10-14(11-9-13)16(20)18-12-6-7-15(19)21-17(2,3)4/h1,8-11H,6-7,12H2,2-4H3,(H,18,20). The predicted molar refractivity (Wildman–Crippen MR) is 81.8 cm³/mol. The van der Waals surface area contributed by atoms with Crippen molar-refractivity contribution in [2.24, 2.45) is 0 Å². The zero-order valence-electron chi connectivity index (χ0n) is 12.7. The van der Waals surface area contributed by atoms with E-state index in [0.29, 0.717) is 18.5 Å². The topological polar surface area (TPSA) is 55.4 Å². The number of benzene rings is 1. The molecule has 112 valence electrons. The van der Waals surface area contributed by atoms with Crippen LogP contribution < -0.4 is 5.32 Å². The van der Waals surface area contributed by atoms with Gasteiger partial charge in [-0.1, -0.05) is 5.92 Å². The van der Waals surface area contributed by atoms with Crippen LogP contribution in [0.2, 0.25) is 0 Å². The molecule has 0 spiro atoms. The van der Waals surface area contributed by atoms with Gasteiger partial charge in [0.2, 0.25) is 0 Å². The fourth-order valence-corrected chi connectivity index (χ4v) is 1.65. The van der Waals surface area contributed by atoms with Crippen LogP contribution in [0.1, 0.15) is 49.5 Å². The molecular formula is C17H21NO3. The summed E-state index contributed by atoms with van der Waals surface area (Å²) in [5.41, 5.74) is 0.807. The van der Waals surface area contributed by atoms with Gasteiger partial charge in [0.15, 0.2) is 0 Å². The molecule has 0 aromatic heterocycles. The Morgan fingerprint density at radius 1 is 1.24 bits per heavy atom. The fourth-order valence-electron chi connectivity index (χ4n) is 1.65. The molecule has 1 N–H and O–H groups in total. The van der Waals surface area contributed by atoms with Crippen LogP contribution in [0.25, 0.3) is 0 Å². The molecular weight excluding hydrogens is 266 g/mol. The lowest BCUT2D eigenvalue weighted by Gasteiger charge is -2.19. The molecule has 0 atom stereocenters. The van der Waals surface area contributed by atoms with Crippen molar-refractivity contribution < 1.29 is 14.3 Å². The Hall–Kier alpha value is -2.28. The van der Waals surface area contributed by atoms with Crippen molar-refractivity contribution in [3.63, 3.8) is 0 Å². The van der Waals surface area contributed by atoms with Crippen LogP contribution in [-0.4, -0.2) is 24.0 Å². The van der Waals surface area contributed by atoms with Crippen LogP contribution in [-0.2, 0) is 9.53 Å². The Labute approximate surface area is 125 Å². The largest absolute Gasteiger partial charge is 0.460 e. The normalized spacial score (nSPS) is 10.6. The van der Waals surface area contributed by atoms with Crippen molar-refractivity contribution in [2.45, 2.75) is 39.2 Å². The molecule has 0 saturated heterocycles. The molecule has 0 unspecified atom stereocenters. The van der Waals surface area contributed by atoms with E-state index >= 15 is 0 Å². The quantitative estimate of drug-likeness (QED) is 0.514. The summed E-state index contributed by atoms with van der Waals surface area (Å²) in [5.74, 6) is 2.06. The summed E-state index contributed by atoms with van der Waals surface area (Å²) in [4.78, 5) is 23.3. The molecule has 1 aromatic rings. The van der Waals surface area contributed by atoms with Crippen molar-refractivity contribution in [3.8, 4) is 12.3 Å². The molecule has 1 rings (SSSR count). The van der Waals surface area contributed by atoms with E-state index in [0.717, 1.165) is 5.56 Å². The van der Waals surface area contributed by atoms with Crippen LogP contribution in [0.5, 0.6) is 0 Å². The van der Waals surface area contributed by atoms with E-state index in [2.05, 4.69) is 11.2 Å². The summed E-state index contributed by atoms with van der Waals surface area (Å²) in [6, 6.07) is 6.79. The number of carbonyl (C=O) groups is 2. The van der Waals surface area contributed by atoms with E-state index in [1.807, 2.05) is 20.8 Å². The number of nitrogens with one attached hydrogen (secondary N) is 1. The van der Waals surface area contributed by atoms with Crippen molar-refractivity contribution in [3.05, 3.63) is 35.4 Å². The van der Waals surface area contributed by atoms with Gasteiger partial charge in [-0.3, -0.25) is 9.59 Å². The van der Waals surface area contributed by atoms with Gasteiger partial charge in [0, 0.05) is 24.1 Å². The molecule has 0 radical (unpaired) electrons. The van der Waals surface area contributed by atoms with E-state index in [-0.39, 0.29) is 18.3 Å². The van der Waals surface area contributed by atoms with Gasteiger partial charge < -0.3 is 10.1 Å². The van der Waals surface area contributed by atoms with Crippen molar-refractivity contribution in [2.75, 3.05) is 6.54 Å². The minimum Gasteiger partial charge on any atom is -0.460 e. The summed E-state index contributed by atoms with van der Waals surface area (Å²) in [6.07, 6.45) is 6.08. The fraction of sp³-hybridized carbons (Fsp3) is 0.412. The molecule has 0 bridgehead atoms. The third-order valence-corrected chi connectivity index (χ3v) is 2.58. The first-order valence-corrected chi connectivity index (χ1v) is 6.88. The molecule has 0 saturated carbocycles. The Morgan fingerprint density at radius 2 is 1.86 bits per heavy atom. The molecule has 1 amide bonds. The van der Waals surface area contributed by atoms with Gasteiger partial charge in [0.25, 0.3) is 5.91 Å². The molecule has 0 heterocycles. The maximum atomic E-state index is 11.8. The summed E-state index contributed by atoms with van der Waals surface area (Å²) in [6.45, 7) is 5.90. The Balaban J connectivity index is 2.30. The zero-order valence-corrected chi connectivity index (χ0v) is 12.7. The van der Waals surface area contributed by atoms with E-state index in [9.17, 15) is 9.59 Å². The van der Waals surface area contributed by atoms with Gasteiger partial charge in [0.1, 0.15) is 5.60 Å². The summed E-state index contributed by atoms with van der Waals surface area (Å²) in [5, 5.41) is 2.76. The van der Waals surface area contributed by atoms with Gasteiger partial charge in [0.05, 0.1) is 0 Å². The van der Waals surface area contributed by atoms with Crippen LogP contribution in [0.4, 0.5) is 0 Å². The van der Waals surface area contributed by atoms with Crippen molar-refractivity contribution in [1.82, 2.24) is 5.32 Å². The number of hydrogen-bond acceptors (Lipinski definition) is 3. The Morgan fingerprint density at radius 3 is 2.38 bits per heavy atom. The van der Waals surface area contributed by atoms with Gasteiger partial charge in [-0.25, -0.2) is 0 Å². The first-order valence-electron chi connectivity index (χ1n) is 6.88. The zero-order chi connectivity index (χ0) is 15.9. The molecule has 0 aliphatic heterocycles. The highest BCUT2D eigenvalue weighted by atomic mass is 16.6. The lowest BCUT2D eigenvalue weighted by Crippen LogP contribution is -2.27. The Bertz CT molecular complexity index is 533. The highest BCUT2D eigenvalue weighted by Crippen LogP contribution is 2.09.